The van der Waals surface area contributed by atoms with Crippen LogP contribution >= 0.6 is 0 Å². The van der Waals surface area contributed by atoms with E-state index in [4.69, 9.17) is 14.5 Å². The molecule has 0 unspecified atom stereocenters. The van der Waals surface area contributed by atoms with Gasteiger partial charge in [0.05, 0.1) is 17.8 Å². The molecule has 22 heteroatoms. The average Bonchev–Trinajstić information content (AvgIpc) is 1.73. The Morgan fingerprint density at radius 1 is 0.747 bits per heavy atom. The number of alkyl carbamates (subject to hydrolysis) is 1. The second-order valence-electron chi connectivity index (χ2n) is 27.6. The van der Waals surface area contributed by atoms with Crippen LogP contribution in [-0.4, -0.2) is 132 Å². The number of ether oxygens (including phenoxy) is 2. The molecule has 1 saturated carbocycles. The molecule has 91 heavy (non-hydrogen) atoms. The van der Waals surface area contributed by atoms with E-state index in [9.17, 15) is 57.4 Å². The van der Waals surface area contributed by atoms with Gasteiger partial charge < -0.3 is 40.0 Å². The van der Waals surface area contributed by atoms with Crippen molar-refractivity contribution in [1.82, 2.24) is 35.3 Å². The van der Waals surface area contributed by atoms with Crippen molar-refractivity contribution < 1.29 is 71.3 Å². The molecule has 20 nitrogen and oxygen atoms in total. The number of hydrogen-bond donors (Lipinski definition) is 4. The van der Waals surface area contributed by atoms with Crippen LogP contribution in [0.1, 0.15) is 197 Å². The molecule has 1 fully saturated rings. The number of amides is 6. The molecule has 6 amide bonds. The van der Waals surface area contributed by atoms with Crippen LogP contribution in [0.3, 0.4) is 0 Å². The zero-order valence-electron chi connectivity index (χ0n) is 55.3. The highest BCUT2D eigenvalue weighted by Gasteiger charge is 2.41. The minimum atomic E-state index is -1.21. The number of imide groups is 1. The van der Waals surface area contributed by atoms with Crippen molar-refractivity contribution in [3.8, 4) is 11.3 Å². The number of esters is 1. The van der Waals surface area contributed by atoms with E-state index in [1.165, 1.54) is 24.0 Å². The summed E-state index contributed by atoms with van der Waals surface area (Å²) >= 11 is 0. The first kappa shape index (κ1) is 74.2. The number of unbranched alkanes of at least 4 members (excludes halogenated alkanes) is 4. The Kier molecular flexibility index (Phi) is 27.5. The predicted molar refractivity (Wildman–Crippen MR) is 338 cm³/mol. The van der Waals surface area contributed by atoms with Gasteiger partial charge in [-0.15, -0.1) is 0 Å². The Balaban J connectivity index is 1.22. The van der Waals surface area contributed by atoms with Gasteiger partial charge in [0.1, 0.15) is 58.9 Å². The highest BCUT2D eigenvalue weighted by Crippen LogP contribution is 2.41. The summed E-state index contributed by atoms with van der Waals surface area (Å²) in [4.78, 5) is 141. The Labute approximate surface area is 534 Å². The highest BCUT2D eigenvalue weighted by atomic mass is 19.1. The van der Waals surface area contributed by atoms with E-state index in [0.717, 1.165) is 28.7 Å². The van der Waals surface area contributed by atoms with Crippen LogP contribution in [0.5, 0.6) is 0 Å². The summed E-state index contributed by atoms with van der Waals surface area (Å²) in [6, 6.07) is 8.08. The predicted octanol–water partition coefficient (Wildman–Crippen LogP) is 10.0. The van der Waals surface area contributed by atoms with Crippen molar-refractivity contribution in [2.45, 2.75) is 221 Å². The summed E-state index contributed by atoms with van der Waals surface area (Å²) in [5, 5.41) is 18.7. The number of nitrogens with zero attached hydrogens (tertiary/aromatic N) is 4. The molecular formula is C69H97F2N7O13. The van der Waals surface area contributed by atoms with E-state index < -0.39 is 101 Å². The fraction of sp³-hybridized carbons (Fsp3) is 0.609. The van der Waals surface area contributed by atoms with Crippen LogP contribution in [0.2, 0.25) is 0 Å². The molecule has 2 aliphatic rings. The molecule has 0 saturated heterocycles. The van der Waals surface area contributed by atoms with Crippen LogP contribution in [-0.2, 0) is 59.2 Å². The third-order valence-corrected chi connectivity index (χ3v) is 16.3. The van der Waals surface area contributed by atoms with Crippen molar-refractivity contribution in [2.24, 2.45) is 29.1 Å². The highest BCUT2D eigenvalue weighted by molar-refractivity contribution is 6.12. The van der Waals surface area contributed by atoms with Crippen LogP contribution in [0.15, 0.2) is 66.9 Å². The topological polar surface area (TPSA) is 270 Å². The van der Waals surface area contributed by atoms with E-state index in [2.05, 4.69) is 16.0 Å². The number of benzene rings is 2. The Morgan fingerprint density at radius 2 is 1.40 bits per heavy atom. The fourth-order valence-corrected chi connectivity index (χ4v) is 11.7. The van der Waals surface area contributed by atoms with Crippen molar-refractivity contribution in [3.05, 3.63) is 89.9 Å². The first-order chi connectivity index (χ1) is 42.7. The molecule has 2 heterocycles. The van der Waals surface area contributed by atoms with E-state index in [1.807, 2.05) is 65.0 Å². The Morgan fingerprint density at radius 3 is 2.02 bits per heavy atom. The lowest BCUT2D eigenvalue weighted by Crippen LogP contribution is -2.52. The maximum absolute atomic E-state index is 15.4. The molecule has 5 rings (SSSR count). The monoisotopic (exact) mass is 1270 g/mol. The van der Waals surface area contributed by atoms with Crippen LogP contribution in [0.25, 0.3) is 11.3 Å². The van der Waals surface area contributed by atoms with Gasteiger partial charge in [0.2, 0.25) is 17.7 Å². The summed E-state index contributed by atoms with van der Waals surface area (Å²) in [6.07, 6.45) is 8.30. The van der Waals surface area contributed by atoms with Crippen LogP contribution in [0.4, 0.5) is 13.6 Å². The van der Waals surface area contributed by atoms with E-state index in [0.29, 0.717) is 63.6 Å². The molecule has 0 spiro atoms. The minimum Gasteiger partial charge on any atom is -0.458 e. The van der Waals surface area contributed by atoms with E-state index >= 15 is 4.39 Å². The van der Waals surface area contributed by atoms with Crippen LogP contribution in [0, 0.1) is 40.7 Å². The van der Waals surface area contributed by atoms with Gasteiger partial charge in [-0.05, 0) is 134 Å². The molecule has 3 aromatic rings. The van der Waals surface area contributed by atoms with Crippen molar-refractivity contribution in [1.29, 1.82) is 0 Å². The van der Waals surface area contributed by atoms with Gasteiger partial charge in [0.25, 0.3) is 11.8 Å². The first-order valence-corrected chi connectivity index (χ1v) is 32.1. The molecule has 1 aliphatic carbocycles. The van der Waals surface area contributed by atoms with Gasteiger partial charge in [-0.25, -0.2) is 23.4 Å². The molecule has 500 valence electrons. The van der Waals surface area contributed by atoms with E-state index in [-0.39, 0.29) is 110 Å². The SMILES string of the molecule is CC(C)[C@H](CC(=O)CCCCCN1C(=O)C=CC1=O)C(=O)N[C@@H](C)C(=O)N[C@@H](CCCCCC(=O)[C@@H]1CCC[C@@H]1CC(=O)[C@H](CCN(C(=O)CO)[C@@H](c1nc(-c2cc(F)ccc2F)cn1Cc1ccccc1)C(C)(C)C)NC(=O)OC(C)(C)C)C(=O)OC(C)(C)C. The number of carbonyl (C=O) groups excluding carboxylic acids is 10. The second-order valence-corrected chi connectivity index (χ2v) is 27.6. The van der Waals surface area contributed by atoms with Gasteiger partial charge in [-0.2, -0.15) is 0 Å². The zero-order valence-corrected chi connectivity index (χ0v) is 55.3. The molecule has 2 aromatic carbocycles. The smallest absolute Gasteiger partial charge is 0.408 e. The van der Waals surface area contributed by atoms with Crippen LogP contribution < -0.4 is 16.0 Å². The minimum absolute atomic E-state index is 0.0329. The number of halogens is 2. The maximum atomic E-state index is 15.4. The Hall–Kier alpha value is -7.49. The van der Waals surface area contributed by atoms with Gasteiger partial charge in [-0.3, -0.25) is 43.3 Å². The summed E-state index contributed by atoms with van der Waals surface area (Å²) in [7, 11) is 0. The molecule has 7 atom stereocenters. The van der Waals surface area contributed by atoms with Gasteiger partial charge >= 0.3 is 12.1 Å². The summed E-state index contributed by atoms with van der Waals surface area (Å²) < 4.78 is 43.1. The molecular weight excluding hydrogens is 1170 g/mol. The molecule has 0 bridgehead atoms. The first-order valence-electron chi connectivity index (χ1n) is 32.1. The number of aromatic nitrogens is 2. The second kappa shape index (κ2) is 33.7. The van der Waals surface area contributed by atoms with Gasteiger partial charge in [0.15, 0.2) is 5.78 Å². The Bertz CT molecular complexity index is 3050. The summed E-state index contributed by atoms with van der Waals surface area (Å²) in [6.45, 7) is 20.2. The largest absolute Gasteiger partial charge is 0.458 e. The number of rotatable bonds is 34. The van der Waals surface area contributed by atoms with E-state index in [1.54, 1.807) is 52.3 Å². The number of nitrogens with one attached hydrogen (secondary N) is 3. The lowest BCUT2D eigenvalue weighted by molar-refractivity contribution is -0.159. The number of carbonyl (C=O) groups is 10. The standard InChI is InChI=1S/C69H97F2N7O13/c1-43(2)50(39-48(80)26-18-15-21-35-77-58(83)32-33-59(77)84)64(87)72-44(3)63(86)74-54(65(88)90-68(7,8)9)28-19-14-20-29-56(81)49-27-22-25-46(49)37-57(82)53(75-66(89)91-69(10,11)12)34-36-78(60(85)42-79)61(67(4,5)6)62-73-55(51-38-47(70)30-31-52(51)71)41-76(62)40-45-23-16-13-17-24-45/h13,16-17,23-24,30-33,38,41,43-44,46,49-50,53-54,61,79H,14-15,18-22,25-29,34-37,39-40,42H2,1-12H3,(H,72,87)(H,74,86)(H,75,89)/t44-,46+,49+,50-,53-,54-,61-/m0/s1. The number of imidazole rings is 1. The number of ketones is 3. The zero-order chi connectivity index (χ0) is 67.5. The van der Waals surface area contributed by atoms with Crippen molar-refractivity contribution in [2.75, 3.05) is 19.7 Å². The number of aliphatic hydroxyl groups is 1. The average molecular weight is 1270 g/mol. The lowest BCUT2D eigenvalue weighted by atomic mass is 9.83. The number of hydrogen-bond acceptors (Lipinski definition) is 14. The van der Waals surface area contributed by atoms with Crippen molar-refractivity contribution in [3.63, 3.8) is 0 Å². The normalized spacial score (nSPS) is 16.9. The third kappa shape index (κ3) is 23.3. The lowest BCUT2D eigenvalue weighted by Gasteiger charge is -2.40. The molecule has 4 N–H and O–H groups in total. The van der Waals surface area contributed by atoms with Crippen molar-refractivity contribution >= 4 is 58.9 Å². The van der Waals surface area contributed by atoms with Gasteiger partial charge in [0, 0.05) is 81.1 Å². The quantitative estimate of drug-likeness (QED) is 0.0246. The molecule has 0 radical (unpaired) electrons. The maximum Gasteiger partial charge on any atom is 0.408 e. The molecule has 1 aliphatic heterocycles. The summed E-state index contributed by atoms with van der Waals surface area (Å²) in [5.41, 5.74) is -1.80. The number of aliphatic hydroxyl groups excluding tert-OH is 1. The number of Topliss-reactive ketones (excluding diaryl/α,β-unsaturated/α-hetero) is 3. The fourth-order valence-electron chi connectivity index (χ4n) is 11.7. The molecule has 1 aromatic heterocycles. The third-order valence-electron chi connectivity index (χ3n) is 16.3. The summed E-state index contributed by atoms with van der Waals surface area (Å²) in [5.74, 6) is -6.65. The van der Waals surface area contributed by atoms with Gasteiger partial charge in [-0.1, -0.05) is 90.6 Å².